The Morgan fingerprint density at radius 2 is 2.05 bits per heavy atom. The monoisotopic (exact) mass is 294 g/mol. The second kappa shape index (κ2) is 6.43. The first-order valence-corrected chi connectivity index (χ1v) is 7.30. The molecule has 0 saturated carbocycles. The van der Waals surface area contributed by atoms with Crippen LogP contribution in [0, 0.1) is 5.82 Å². The molecule has 1 aliphatic rings. The van der Waals surface area contributed by atoms with E-state index in [2.05, 4.69) is 5.32 Å². The summed E-state index contributed by atoms with van der Waals surface area (Å²) in [7, 11) is 0. The highest BCUT2D eigenvalue weighted by atomic mass is 19.1. The van der Waals surface area contributed by atoms with Crippen LogP contribution in [-0.4, -0.2) is 42.3 Å². The number of halogens is 1. The molecule has 1 amide bonds. The van der Waals surface area contributed by atoms with Crippen LogP contribution in [-0.2, 0) is 11.2 Å². The van der Waals surface area contributed by atoms with Crippen molar-refractivity contribution in [3.63, 3.8) is 0 Å². The van der Waals surface area contributed by atoms with Gasteiger partial charge in [0.2, 0.25) is 0 Å². The van der Waals surface area contributed by atoms with Crippen molar-refractivity contribution in [3.8, 4) is 0 Å². The van der Waals surface area contributed by atoms with Gasteiger partial charge < -0.3 is 15.0 Å². The van der Waals surface area contributed by atoms with Crippen molar-refractivity contribution in [1.29, 1.82) is 0 Å². The lowest BCUT2D eigenvalue weighted by atomic mass is 10.0. The summed E-state index contributed by atoms with van der Waals surface area (Å²) in [4.78, 5) is 14.1. The molecule has 1 aromatic carbocycles. The van der Waals surface area contributed by atoms with Crippen molar-refractivity contribution >= 4 is 6.09 Å². The molecule has 1 saturated heterocycles. The van der Waals surface area contributed by atoms with E-state index in [1.54, 1.807) is 17.0 Å². The first kappa shape index (κ1) is 15.8. The average Bonchev–Trinajstić information content (AvgIpc) is 2.40. The molecule has 1 heterocycles. The molecule has 2 rings (SSSR count). The van der Waals surface area contributed by atoms with Gasteiger partial charge in [-0.1, -0.05) is 12.1 Å². The largest absolute Gasteiger partial charge is 0.444 e. The topological polar surface area (TPSA) is 41.6 Å². The fourth-order valence-corrected chi connectivity index (χ4v) is 2.40. The Hall–Kier alpha value is -1.62. The van der Waals surface area contributed by atoms with Gasteiger partial charge in [0.05, 0.1) is 6.04 Å². The number of rotatable bonds is 2. The number of nitrogens with one attached hydrogen (secondary N) is 1. The maximum atomic E-state index is 13.0. The second-order valence-corrected chi connectivity index (χ2v) is 6.36. The van der Waals surface area contributed by atoms with Crippen LogP contribution < -0.4 is 5.32 Å². The van der Waals surface area contributed by atoms with Gasteiger partial charge in [0.15, 0.2) is 0 Å². The molecule has 1 unspecified atom stereocenters. The number of benzene rings is 1. The van der Waals surface area contributed by atoms with Gasteiger partial charge in [0.25, 0.3) is 0 Å². The predicted octanol–water partition coefficient (Wildman–Crippen LogP) is 2.58. The minimum Gasteiger partial charge on any atom is -0.444 e. The number of carbonyl (C=O) groups excluding carboxylic acids is 1. The summed E-state index contributed by atoms with van der Waals surface area (Å²) in [5.74, 6) is -0.246. The van der Waals surface area contributed by atoms with E-state index in [0.717, 1.165) is 18.7 Å². The van der Waals surface area contributed by atoms with Crippen LogP contribution in [0.2, 0.25) is 0 Å². The zero-order valence-corrected chi connectivity index (χ0v) is 12.9. The lowest BCUT2D eigenvalue weighted by Gasteiger charge is -2.37. The Morgan fingerprint density at radius 1 is 1.38 bits per heavy atom. The molecule has 116 valence electrons. The van der Waals surface area contributed by atoms with Crippen LogP contribution in [0.4, 0.5) is 9.18 Å². The van der Waals surface area contributed by atoms with Gasteiger partial charge >= 0.3 is 6.09 Å². The van der Waals surface area contributed by atoms with Crippen LogP contribution >= 0.6 is 0 Å². The fourth-order valence-electron chi connectivity index (χ4n) is 2.40. The van der Waals surface area contributed by atoms with E-state index in [9.17, 15) is 9.18 Å². The normalized spacial score (nSPS) is 19.4. The van der Waals surface area contributed by atoms with Gasteiger partial charge in [0, 0.05) is 19.6 Å². The molecule has 5 heteroatoms. The number of hydrogen-bond donors (Lipinski definition) is 1. The van der Waals surface area contributed by atoms with Crippen LogP contribution in [0.25, 0.3) is 0 Å². The highest BCUT2D eigenvalue weighted by molar-refractivity contribution is 5.68. The summed E-state index contributed by atoms with van der Waals surface area (Å²) in [6.07, 6.45) is 0.406. The molecule has 21 heavy (non-hydrogen) atoms. The molecule has 1 aliphatic heterocycles. The Morgan fingerprint density at radius 3 is 2.67 bits per heavy atom. The van der Waals surface area contributed by atoms with Crippen LogP contribution in [0.5, 0.6) is 0 Å². The predicted molar refractivity (Wildman–Crippen MR) is 79.7 cm³/mol. The molecular formula is C16H23FN2O2. The molecule has 0 radical (unpaired) electrons. The number of piperazine rings is 1. The summed E-state index contributed by atoms with van der Waals surface area (Å²) in [6, 6.07) is 6.44. The molecule has 1 aromatic rings. The third-order valence-corrected chi connectivity index (χ3v) is 3.36. The molecule has 1 atom stereocenters. The number of ether oxygens (including phenoxy) is 1. The minimum absolute atomic E-state index is 0.0269. The van der Waals surface area contributed by atoms with Crippen molar-refractivity contribution in [3.05, 3.63) is 35.6 Å². The average molecular weight is 294 g/mol. The molecule has 1 fully saturated rings. The smallest absolute Gasteiger partial charge is 0.410 e. The third kappa shape index (κ3) is 4.70. The standard InChI is InChI=1S/C16H23FN2O2/c1-16(2,3)21-15(20)19-9-8-18-11-14(19)10-12-4-6-13(17)7-5-12/h4-7,14,18H,8-11H2,1-3H3. The van der Waals surface area contributed by atoms with Crippen LogP contribution in [0.3, 0.4) is 0 Å². The Kier molecular flexibility index (Phi) is 4.83. The van der Waals surface area contributed by atoms with Gasteiger partial charge in [-0.3, -0.25) is 0 Å². The summed E-state index contributed by atoms with van der Waals surface area (Å²) >= 11 is 0. The van der Waals surface area contributed by atoms with E-state index in [4.69, 9.17) is 4.74 Å². The molecule has 4 nitrogen and oxygen atoms in total. The fraction of sp³-hybridized carbons (Fsp3) is 0.562. The first-order valence-electron chi connectivity index (χ1n) is 7.30. The van der Waals surface area contributed by atoms with E-state index in [-0.39, 0.29) is 18.0 Å². The van der Waals surface area contributed by atoms with Crippen molar-refractivity contribution in [1.82, 2.24) is 10.2 Å². The van der Waals surface area contributed by atoms with E-state index < -0.39 is 5.60 Å². The highest BCUT2D eigenvalue weighted by Gasteiger charge is 2.30. The van der Waals surface area contributed by atoms with Gasteiger partial charge in [-0.05, 0) is 44.9 Å². The van der Waals surface area contributed by atoms with Crippen molar-refractivity contribution < 1.29 is 13.9 Å². The Bertz CT molecular complexity index is 482. The summed E-state index contributed by atoms with van der Waals surface area (Å²) in [6.45, 7) is 7.70. The SMILES string of the molecule is CC(C)(C)OC(=O)N1CCNCC1Cc1ccc(F)cc1. The zero-order chi connectivity index (χ0) is 15.5. The van der Waals surface area contributed by atoms with Crippen molar-refractivity contribution in [2.24, 2.45) is 0 Å². The number of hydrogen-bond acceptors (Lipinski definition) is 3. The molecule has 1 N–H and O–H groups in total. The van der Waals surface area contributed by atoms with Crippen LogP contribution in [0.1, 0.15) is 26.3 Å². The first-order chi connectivity index (χ1) is 9.85. The van der Waals surface area contributed by atoms with E-state index in [1.165, 1.54) is 12.1 Å². The highest BCUT2D eigenvalue weighted by Crippen LogP contribution is 2.16. The molecule has 0 spiro atoms. The van der Waals surface area contributed by atoms with E-state index in [0.29, 0.717) is 13.0 Å². The lowest BCUT2D eigenvalue weighted by molar-refractivity contribution is 0.0122. The maximum Gasteiger partial charge on any atom is 0.410 e. The molecular weight excluding hydrogens is 271 g/mol. The second-order valence-electron chi connectivity index (χ2n) is 6.36. The Labute approximate surface area is 125 Å². The van der Waals surface area contributed by atoms with Crippen LogP contribution in [0.15, 0.2) is 24.3 Å². The summed E-state index contributed by atoms with van der Waals surface area (Å²) in [5, 5.41) is 3.29. The van der Waals surface area contributed by atoms with Crippen molar-refractivity contribution in [2.45, 2.75) is 38.8 Å². The van der Waals surface area contributed by atoms with Gasteiger partial charge in [0.1, 0.15) is 11.4 Å². The van der Waals surface area contributed by atoms with Gasteiger partial charge in [-0.15, -0.1) is 0 Å². The van der Waals surface area contributed by atoms with Gasteiger partial charge in [-0.2, -0.15) is 0 Å². The van der Waals surface area contributed by atoms with E-state index >= 15 is 0 Å². The zero-order valence-electron chi connectivity index (χ0n) is 12.9. The molecule has 0 aromatic heterocycles. The minimum atomic E-state index is -0.498. The summed E-state index contributed by atoms with van der Waals surface area (Å²) in [5.41, 5.74) is 0.515. The molecule has 0 aliphatic carbocycles. The quantitative estimate of drug-likeness (QED) is 0.911. The third-order valence-electron chi connectivity index (χ3n) is 3.36. The van der Waals surface area contributed by atoms with E-state index in [1.807, 2.05) is 20.8 Å². The van der Waals surface area contributed by atoms with Gasteiger partial charge in [-0.25, -0.2) is 9.18 Å². The Balaban J connectivity index is 2.04. The number of amides is 1. The number of nitrogens with zero attached hydrogens (tertiary/aromatic N) is 1. The maximum absolute atomic E-state index is 13.0. The molecule has 0 bridgehead atoms. The number of carbonyl (C=O) groups is 1. The summed E-state index contributed by atoms with van der Waals surface area (Å²) < 4.78 is 18.4. The lowest BCUT2D eigenvalue weighted by Crippen LogP contribution is -2.55. The van der Waals surface area contributed by atoms with Crippen molar-refractivity contribution in [2.75, 3.05) is 19.6 Å².